The molecule has 0 aromatic heterocycles. The predicted octanol–water partition coefficient (Wildman–Crippen LogP) is 4.51. The molecule has 0 aliphatic rings. The minimum atomic E-state index is -0.0501. The van der Waals surface area contributed by atoms with Gasteiger partial charge >= 0.3 is 0 Å². The fraction of sp³-hybridized carbons (Fsp3) is 1.00. The van der Waals surface area contributed by atoms with E-state index in [1.807, 2.05) is 0 Å². The molecule has 0 saturated carbocycles. The van der Waals surface area contributed by atoms with E-state index in [9.17, 15) is 0 Å². The minimum absolute atomic E-state index is 0.0501. The molecule has 0 heterocycles. The van der Waals surface area contributed by atoms with Crippen LogP contribution < -0.4 is 0 Å². The zero-order valence-corrected chi connectivity index (χ0v) is 12.2. The molecule has 0 N–H and O–H groups in total. The Morgan fingerprint density at radius 2 is 1.27 bits per heavy atom. The van der Waals surface area contributed by atoms with Gasteiger partial charge in [0.1, 0.15) is 0 Å². The third-order valence-corrected chi connectivity index (χ3v) is 3.22. The fourth-order valence-corrected chi connectivity index (χ4v) is 1.57. The third kappa shape index (κ3) is 5.55. The van der Waals surface area contributed by atoms with Crippen LogP contribution in [0.15, 0.2) is 0 Å². The maximum absolute atomic E-state index is 6.08. The highest BCUT2D eigenvalue weighted by Crippen LogP contribution is 2.37. The van der Waals surface area contributed by atoms with Crippen LogP contribution in [0.25, 0.3) is 0 Å². The lowest BCUT2D eigenvalue weighted by Crippen LogP contribution is -2.41. The highest BCUT2D eigenvalue weighted by molar-refractivity contribution is 4.85. The van der Waals surface area contributed by atoms with E-state index in [-0.39, 0.29) is 11.0 Å². The van der Waals surface area contributed by atoms with E-state index in [0.717, 1.165) is 6.61 Å². The molecule has 0 spiro atoms. The van der Waals surface area contributed by atoms with Gasteiger partial charge in [0.15, 0.2) is 0 Å². The zero-order valence-electron chi connectivity index (χ0n) is 12.2. The fourth-order valence-electron chi connectivity index (χ4n) is 1.57. The molecular weight excluding hydrogens is 184 g/mol. The van der Waals surface area contributed by atoms with Crippen molar-refractivity contribution in [1.82, 2.24) is 0 Å². The highest BCUT2D eigenvalue weighted by atomic mass is 16.5. The van der Waals surface area contributed by atoms with Gasteiger partial charge in [-0.2, -0.15) is 0 Å². The first kappa shape index (κ1) is 15.0. The Morgan fingerprint density at radius 1 is 0.867 bits per heavy atom. The van der Waals surface area contributed by atoms with Gasteiger partial charge in [-0.1, -0.05) is 48.5 Å². The molecule has 0 rings (SSSR count). The molecule has 1 heteroatoms. The number of hydrogen-bond donors (Lipinski definition) is 0. The summed E-state index contributed by atoms with van der Waals surface area (Å²) in [5, 5.41) is 0. The van der Waals surface area contributed by atoms with Gasteiger partial charge in [0.05, 0.1) is 12.2 Å². The second-order valence-corrected chi connectivity index (χ2v) is 7.54. The Hall–Kier alpha value is -0.0400. The molecule has 1 atom stereocenters. The molecule has 0 aliphatic carbocycles. The van der Waals surface area contributed by atoms with Gasteiger partial charge < -0.3 is 4.74 Å². The van der Waals surface area contributed by atoms with Gasteiger partial charge in [-0.15, -0.1) is 0 Å². The second kappa shape index (κ2) is 4.45. The van der Waals surface area contributed by atoms with E-state index in [4.69, 9.17) is 4.74 Å². The molecule has 0 radical (unpaired) electrons. The Kier molecular flexibility index (Phi) is 4.44. The average Bonchev–Trinajstić information content (AvgIpc) is 1.97. The lowest BCUT2D eigenvalue weighted by molar-refractivity contribution is -0.106. The van der Waals surface area contributed by atoms with Gasteiger partial charge in [-0.05, 0) is 30.6 Å². The molecule has 0 bridgehead atoms. The van der Waals surface area contributed by atoms with E-state index in [0.29, 0.717) is 11.3 Å². The molecule has 0 amide bonds. The standard InChI is InChI=1S/C14H30O/c1-11(13(5,6)7)14(8,9)15-10-12(2,3)4/h11H,10H2,1-9H3/t11-/m1/s1. The van der Waals surface area contributed by atoms with Crippen LogP contribution in [0.2, 0.25) is 0 Å². The molecule has 0 fully saturated rings. The van der Waals surface area contributed by atoms with Gasteiger partial charge in [-0.3, -0.25) is 0 Å². The first-order valence-electron chi connectivity index (χ1n) is 6.00. The van der Waals surface area contributed by atoms with E-state index in [1.54, 1.807) is 0 Å². The Morgan fingerprint density at radius 3 is 1.53 bits per heavy atom. The number of hydrogen-bond acceptors (Lipinski definition) is 1. The van der Waals surface area contributed by atoms with E-state index in [1.165, 1.54) is 0 Å². The molecule has 0 aliphatic heterocycles. The van der Waals surface area contributed by atoms with Crippen LogP contribution >= 0.6 is 0 Å². The van der Waals surface area contributed by atoms with E-state index in [2.05, 4.69) is 62.3 Å². The van der Waals surface area contributed by atoms with Crippen molar-refractivity contribution in [3.63, 3.8) is 0 Å². The van der Waals surface area contributed by atoms with Crippen molar-refractivity contribution in [2.75, 3.05) is 6.61 Å². The van der Waals surface area contributed by atoms with Crippen molar-refractivity contribution in [2.45, 2.75) is 67.9 Å². The van der Waals surface area contributed by atoms with Crippen molar-refractivity contribution in [3.8, 4) is 0 Å². The van der Waals surface area contributed by atoms with Crippen molar-refractivity contribution >= 4 is 0 Å². The SMILES string of the molecule is C[C@H](C(C)(C)C)C(C)(C)OCC(C)(C)C. The monoisotopic (exact) mass is 214 g/mol. The van der Waals surface area contributed by atoms with E-state index >= 15 is 0 Å². The summed E-state index contributed by atoms with van der Waals surface area (Å²) in [6, 6.07) is 0. The summed E-state index contributed by atoms with van der Waals surface area (Å²) in [7, 11) is 0. The largest absolute Gasteiger partial charge is 0.375 e. The molecule has 0 aromatic rings. The second-order valence-electron chi connectivity index (χ2n) is 7.54. The summed E-state index contributed by atoms with van der Waals surface area (Å²) in [5.41, 5.74) is 0.488. The number of rotatable bonds is 3. The Bertz CT molecular complexity index is 190. The molecule has 92 valence electrons. The van der Waals surface area contributed by atoms with Gasteiger partial charge in [0.2, 0.25) is 0 Å². The van der Waals surface area contributed by atoms with Crippen LogP contribution in [0.5, 0.6) is 0 Å². The molecule has 0 aromatic carbocycles. The molecular formula is C14H30O. The summed E-state index contributed by atoms with van der Waals surface area (Å²) in [6.07, 6.45) is 0. The van der Waals surface area contributed by atoms with Crippen LogP contribution in [0.1, 0.15) is 62.3 Å². The first-order chi connectivity index (χ1) is 6.36. The maximum Gasteiger partial charge on any atom is 0.0657 e. The molecule has 0 unspecified atom stereocenters. The van der Waals surface area contributed by atoms with Gasteiger partial charge in [-0.25, -0.2) is 0 Å². The number of ether oxygens (including phenoxy) is 1. The topological polar surface area (TPSA) is 9.23 Å². The molecule has 0 saturated heterocycles. The highest BCUT2D eigenvalue weighted by Gasteiger charge is 2.35. The minimum Gasteiger partial charge on any atom is -0.375 e. The summed E-state index contributed by atoms with van der Waals surface area (Å²) in [5.74, 6) is 0.535. The lowest BCUT2D eigenvalue weighted by atomic mass is 9.73. The smallest absolute Gasteiger partial charge is 0.0657 e. The predicted molar refractivity (Wildman–Crippen MR) is 68.1 cm³/mol. The van der Waals surface area contributed by atoms with Crippen LogP contribution in [0.3, 0.4) is 0 Å². The van der Waals surface area contributed by atoms with Crippen LogP contribution in [-0.4, -0.2) is 12.2 Å². The summed E-state index contributed by atoms with van der Waals surface area (Å²) >= 11 is 0. The van der Waals surface area contributed by atoms with Crippen LogP contribution in [-0.2, 0) is 4.74 Å². The third-order valence-electron chi connectivity index (χ3n) is 3.22. The lowest BCUT2D eigenvalue weighted by Gasteiger charge is -2.41. The summed E-state index contributed by atoms with van der Waals surface area (Å²) < 4.78 is 6.08. The Balaban J connectivity index is 4.43. The van der Waals surface area contributed by atoms with Crippen molar-refractivity contribution in [3.05, 3.63) is 0 Å². The van der Waals surface area contributed by atoms with Gasteiger partial charge in [0, 0.05) is 0 Å². The maximum atomic E-state index is 6.08. The summed E-state index contributed by atoms with van der Waals surface area (Å²) in [4.78, 5) is 0. The average molecular weight is 214 g/mol. The molecule has 15 heavy (non-hydrogen) atoms. The van der Waals surface area contributed by atoms with Crippen molar-refractivity contribution < 1.29 is 4.74 Å². The van der Waals surface area contributed by atoms with Crippen LogP contribution in [0, 0.1) is 16.7 Å². The zero-order chi connectivity index (χ0) is 12.5. The normalized spacial score (nSPS) is 16.6. The first-order valence-corrected chi connectivity index (χ1v) is 6.00. The Labute approximate surface area is 96.6 Å². The quantitative estimate of drug-likeness (QED) is 0.671. The van der Waals surface area contributed by atoms with Crippen molar-refractivity contribution in [2.24, 2.45) is 16.7 Å². The van der Waals surface area contributed by atoms with Crippen LogP contribution in [0.4, 0.5) is 0 Å². The summed E-state index contributed by atoms with van der Waals surface area (Å²) in [6.45, 7) is 21.0. The van der Waals surface area contributed by atoms with Crippen molar-refractivity contribution in [1.29, 1.82) is 0 Å². The van der Waals surface area contributed by atoms with E-state index < -0.39 is 0 Å². The van der Waals surface area contributed by atoms with Gasteiger partial charge in [0.25, 0.3) is 0 Å². The molecule has 1 nitrogen and oxygen atoms in total.